The molecule has 12 heteroatoms. The molecule has 0 unspecified atom stereocenters. The number of fused-ring (bicyclic) bond motifs is 1. The van der Waals surface area contributed by atoms with E-state index in [1.54, 1.807) is 4.57 Å². The molecule has 3 aromatic rings. The van der Waals surface area contributed by atoms with Crippen molar-refractivity contribution in [3.8, 4) is 0 Å². The maximum absolute atomic E-state index is 13.0. The van der Waals surface area contributed by atoms with Gasteiger partial charge in [-0.2, -0.15) is 15.0 Å². The van der Waals surface area contributed by atoms with Crippen molar-refractivity contribution in [2.45, 2.75) is 69.7 Å². The Balaban J connectivity index is 2.10. The van der Waals surface area contributed by atoms with Crippen LogP contribution >= 0.6 is 11.8 Å². The largest absolute Gasteiger partial charge is 0.368 e. The molecule has 0 fully saturated rings. The van der Waals surface area contributed by atoms with Gasteiger partial charge in [0, 0.05) is 20.0 Å². The van der Waals surface area contributed by atoms with Gasteiger partial charge in [0.25, 0.3) is 5.56 Å². The zero-order valence-corrected chi connectivity index (χ0v) is 19.5. The van der Waals surface area contributed by atoms with Gasteiger partial charge < -0.3 is 11.5 Å². The van der Waals surface area contributed by atoms with Crippen molar-refractivity contribution in [1.29, 1.82) is 0 Å². The van der Waals surface area contributed by atoms with Gasteiger partial charge in [0.15, 0.2) is 5.65 Å². The molecular formula is C20H29N9O2S. The molecule has 0 atom stereocenters. The van der Waals surface area contributed by atoms with Gasteiger partial charge >= 0.3 is 5.69 Å². The van der Waals surface area contributed by atoms with Gasteiger partial charge in [-0.15, -0.1) is 0 Å². The lowest BCUT2D eigenvalue weighted by atomic mass is 10.1. The highest BCUT2D eigenvalue weighted by atomic mass is 32.2. The number of nitrogen functional groups attached to an aromatic ring is 2. The molecule has 0 aromatic carbocycles. The second-order valence-corrected chi connectivity index (χ2v) is 8.47. The van der Waals surface area contributed by atoms with E-state index in [9.17, 15) is 9.59 Å². The summed E-state index contributed by atoms with van der Waals surface area (Å²) in [5, 5.41) is 0.807. The second-order valence-electron chi connectivity index (χ2n) is 7.51. The van der Waals surface area contributed by atoms with Crippen molar-refractivity contribution in [3.63, 3.8) is 0 Å². The predicted octanol–water partition coefficient (Wildman–Crippen LogP) is 1.66. The van der Waals surface area contributed by atoms with Crippen LogP contribution in [0.4, 0.5) is 11.9 Å². The Morgan fingerprint density at radius 1 is 0.875 bits per heavy atom. The number of aryl methyl sites for hydroxylation is 2. The summed E-state index contributed by atoms with van der Waals surface area (Å²) in [5.41, 5.74) is 10.9. The van der Waals surface area contributed by atoms with Crippen LogP contribution < -0.4 is 22.7 Å². The average molecular weight is 460 g/mol. The zero-order valence-electron chi connectivity index (χ0n) is 18.7. The SMILES string of the molecule is CCCCCCc1nc(SCc2nc(N)nc(N)n2)c2c(=O)n(C)c(=O)n(CCC)c2n1. The molecule has 0 radical (unpaired) electrons. The van der Waals surface area contributed by atoms with Crippen LogP contribution in [0.1, 0.15) is 57.6 Å². The third kappa shape index (κ3) is 5.23. The molecular weight excluding hydrogens is 430 g/mol. The summed E-state index contributed by atoms with van der Waals surface area (Å²) in [5.74, 6) is 1.35. The molecule has 172 valence electrons. The third-order valence-electron chi connectivity index (χ3n) is 4.95. The second kappa shape index (κ2) is 10.5. The lowest BCUT2D eigenvalue weighted by Gasteiger charge is -2.14. The van der Waals surface area contributed by atoms with E-state index < -0.39 is 5.56 Å². The molecule has 0 aliphatic carbocycles. The highest BCUT2D eigenvalue weighted by Gasteiger charge is 2.19. The zero-order chi connectivity index (χ0) is 23.3. The number of nitrogens with zero attached hydrogens (tertiary/aromatic N) is 7. The van der Waals surface area contributed by atoms with Gasteiger partial charge in [-0.1, -0.05) is 44.9 Å². The first-order chi connectivity index (χ1) is 15.3. The van der Waals surface area contributed by atoms with Gasteiger partial charge in [-0.3, -0.25) is 13.9 Å². The quantitative estimate of drug-likeness (QED) is 0.259. The summed E-state index contributed by atoms with van der Waals surface area (Å²) in [6.07, 6.45) is 5.68. The smallest absolute Gasteiger partial charge is 0.332 e. The Kier molecular flexibility index (Phi) is 7.78. The van der Waals surface area contributed by atoms with E-state index in [4.69, 9.17) is 11.5 Å². The summed E-state index contributed by atoms with van der Waals surface area (Å²) in [4.78, 5) is 47.1. The van der Waals surface area contributed by atoms with E-state index >= 15 is 0 Å². The van der Waals surface area contributed by atoms with E-state index in [1.165, 1.54) is 18.8 Å². The summed E-state index contributed by atoms with van der Waals surface area (Å²) in [6, 6.07) is 0. The summed E-state index contributed by atoms with van der Waals surface area (Å²) in [6.45, 7) is 4.59. The number of unbranched alkanes of at least 4 members (excludes halogenated alkanes) is 3. The number of nitrogens with two attached hydrogens (primary N) is 2. The Labute approximate surface area is 189 Å². The molecule has 0 saturated carbocycles. The molecule has 11 nitrogen and oxygen atoms in total. The fraction of sp³-hybridized carbons (Fsp3) is 0.550. The molecule has 4 N–H and O–H groups in total. The van der Waals surface area contributed by atoms with Crippen LogP contribution in [0.3, 0.4) is 0 Å². The normalized spacial score (nSPS) is 11.3. The maximum Gasteiger partial charge on any atom is 0.332 e. The van der Waals surface area contributed by atoms with Gasteiger partial charge in [0.2, 0.25) is 11.9 Å². The van der Waals surface area contributed by atoms with Crippen molar-refractivity contribution in [3.05, 3.63) is 32.5 Å². The van der Waals surface area contributed by atoms with Crippen LogP contribution in [0.25, 0.3) is 11.0 Å². The summed E-state index contributed by atoms with van der Waals surface area (Å²) < 4.78 is 2.65. The molecule has 32 heavy (non-hydrogen) atoms. The fourth-order valence-corrected chi connectivity index (χ4v) is 4.27. The van der Waals surface area contributed by atoms with E-state index in [2.05, 4.69) is 31.8 Å². The standard InChI is InChI=1S/C20H29N9O2S/c1-4-6-7-8-9-12-23-15-14(17(30)28(3)20(31)29(15)10-5-2)16(24-12)32-11-13-25-18(21)27-19(22)26-13/h4-11H2,1-3H3,(H4,21,22,25,26,27). The number of anilines is 2. The fourth-order valence-electron chi connectivity index (χ4n) is 3.39. The molecule has 0 bridgehead atoms. The topological polar surface area (TPSA) is 160 Å². The predicted molar refractivity (Wildman–Crippen MR) is 125 cm³/mol. The number of rotatable bonds is 10. The van der Waals surface area contributed by atoms with Gasteiger partial charge in [-0.25, -0.2) is 14.8 Å². The summed E-state index contributed by atoms with van der Waals surface area (Å²) in [7, 11) is 1.47. The Morgan fingerprint density at radius 2 is 1.59 bits per heavy atom. The highest BCUT2D eigenvalue weighted by molar-refractivity contribution is 7.98. The number of aromatic nitrogens is 7. The lowest BCUT2D eigenvalue weighted by molar-refractivity contribution is 0.602. The molecule has 3 rings (SSSR count). The van der Waals surface area contributed by atoms with Crippen LogP contribution in [0.15, 0.2) is 14.6 Å². The van der Waals surface area contributed by atoms with Gasteiger partial charge in [-0.05, 0) is 12.8 Å². The van der Waals surface area contributed by atoms with Crippen molar-refractivity contribution in [1.82, 2.24) is 34.1 Å². The van der Waals surface area contributed by atoms with Crippen LogP contribution in [-0.2, 0) is 25.8 Å². The minimum Gasteiger partial charge on any atom is -0.368 e. The van der Waals surface area contributed by atoms with Gasteiger partial charge in [0.05, 0.1) is 5.75 Å². The number of thioether (sulfide) groups is 1. The van der Waals surface area contributed by atoms with Crippen molar-refractivity contribution >= 4 is 34.7 Å². The van der Waals surface area contributed by atoms with Gasteiger partial charge in [0.1, 0.15) is 22.1 Å². The number of hydrogen-bond acceptors (Lipinski definition) is 10. The van der Waals surface area contributed by atoms with Crippen molar-refractivity contribution in [2.24, 2.45) is 7.05 Å². The van der Waals surface area contributed by atoms with Crippen LogP contribution in [0.2, 0.25) is 0 Å². The van der Waals surface area contributed by atoms with E-state index in [0.717, 1.165) is 36.7 Å². The molecule has 0 aliphatic heterocycles. The average Bonchev–Trinajstić information content (AvgIpc) is 2.75. The minimum atomic E-state index is -0.424. The lowest BCUT2D eigenvalue weighted by Crippen LogP contribution is -2.39. The van der Waals surface area contributed by atoms with E-state index in [1.807, 2.05) is 6.92 Å². The number of hydrogen-bond donors (Lipinski definition) is 2. The molecule has 0 amide bonds. The van der Waals surface area contributed by atoms with Crippen LogP contribution in [-0.4, -0.2) is 34.1 Å². The first kappa shape index (κ1) is 23.6. The molecule has 0 saturated heterocycles. The minimum absolute atomic E-state index is 0.0324. The Morgan fingerprint density at radius 3 is 2.25 bits per heavy atom. The summed E-state index contributed by atoms with van der Waals surface area (Å²) >= 11 is 1.29. The molecule has 0 aliphatic rings. The van der Waals surface area contributed by atoms with Crippen LogP contribution in [0, 0.1) is 0 Å². The van der Waals surface area contributed by atoms with E-state index in [0.29, 0.717) is 40.7 Å². The molecule has 3 heterocycles. The third-order valence-corrected chi connectivity index (χ3v) is 5.92. The maximum atomic E-state index is 13.0. The van der Waals surface area contributed by atoms with Crippen LogP contribution in [0.5, 0.6) is 0 Å². The highest BCUT2D eigenvalue weighted by Crippen LogP contribution is 2.26. The van der Waals surface area contributed by atoms with Crippen molar-refractivity contribution in [2.75, 3.05) is 11.5 Å². The van der Waals surface area contributed by atoms with Crippen molar-refractivity contribution < 1.29 is 0 Å². The Hall–Kier alpha value is -3.02. The Bertz CT molecular complexity index is 1200. The molecule has 0 spiro atoms. The first-order valence-corrected chi connectivity index (χ1v) is 11.7. The monoisotopic (exact) mass is 459 g/mol. The molecule has 3 aromatic heterocycles. The first-order valence-electron chi connectivity index (χ1n) is 10.7. The van der Waals surface area contributed by atoms with E-state index in [-0.39, 0.29) is 23.3 Å².